The van der Waals surface area contributed by atoms with Crippen LogP contribution in [-0.4, -0.2) is 11.1 Å². The van der Waals surface area contributed by atoms with Gasteiger partial charge in [-0.25, -0.2) is 0 Å². The highest BCUT2D eigenvalue weighted by atomic mass is 79.9. The normalized spacial score (nSPS) is 10.9. The van der Waals surface area contributed by atoms with Gasteiger partial charge in [0.1, 0.15) is 0 Å². The lowest BCUT2D eigenvalue weighted by molar-refractivity contribution is -0.398. The fraction of sp³-hybridized carbons (Fsp3) is 0.0714. The molecular weight excluding hydrogens is 324 g/mol. The van der Waals surface area contributed by atoms with E-state index in [1.165, 1.54) is 18.3 Å². The predicted octanol–water partition coefficient (Wildman–Crippen LogP) is 3.49. The van der Waals surface area contributed by atoms with Gasteiger partial charge in [0, 0.05) is 16.8 Å². The highest BCUT2D eigenvalue weighted by molar-refractivity contribution is 9.10. The number of nitrogens with zero attached hydrogens (tertiary/aromatic N) is 2. The van der Waals surface area contributed by atoms with Gasteiger partial charge in [-0.05, 0) is 42.0 Å². The van der Waals surface area contributed by atoms with Gasteiger partial charge in [0.05, 0.1) is 10.6 Å². The minimum atomic E-state index is -0.697. The maximum absolute atomic E-state index is 11.9. The van der Waals surface area contributed by atoms with Gasteiger partial charge in [-0.2, -0.15) is 0 Å². The monoisotopic (exact) mass is 333 g/mol. The minimum Gasteiger partial charge on any atom is -0.867 e. The molecule has 0 aliphatic carbocycles. The highest BCUT2D eigenvalue weighted by Gasteiger charge is 2.10. The summed E-state index contributed by atoms with van der Waals surface area (Å²) in [7, 11) is 0. The van der Waals surface area contributed by atoms with Crippen molar-refractivity contribution in [1.29, 1.82) is 0 Å². The lowest BCUT2D eigenvalue weighted by Crippen LogP contribution is -2.02. The van der Waals surface area contributed by atoms with E-state index in [-0.39, 0.29) is 5.56 Å². The molecule has 0 spiro atoms. The lowest BCUT2D eigenvalue weighted by Gasteiger charge is -2.10. The van der Waals surface area contributed by atoms with E-state index in [1.807, 2.05) is 25.1 Å². The molecule has 102 valence electrons. The van der Waals surface area contributed by atoms with Crippen LogP contribution in [0.4, 0.5) is 11.4 Å². The molecule has 20 heavy (non-hydrogen) atoms. The molecule has 0 radical (unpaired) electrons. The summed E-state index contributed by atoms with van der Waals surface area (Å²) >= 11 is 3.15. The SMILES string of the molecule is Cc1cccc(N=Cc2cc(Br)cc([N+](=O)[O-])c2[O-])c1. The molecule has 0 saturated heterocycles. The van der Waals surface area contributed by atoms with Crippen molar-refractivity contribution in [2.75, 3.05) is 0 Å². The van der Waals surface area contributed by atoms with Crippen LogP contribution in [0.2, 0.25) is 0 Å². The molecular formula is C14H10BrN2O3-. The number of rotatable bonds is 3. The molecule has 0 atom stereocenters. The first-order valence-electron chi connectivity index (χ1n) is 5.73. The largest absolute Gasteiger partial charge is 0.867 e. The summed E-state index contributed by atoms with van der Waals surface area (Å²) in [5, 5.41) is 22.7. The van der Waals surface area contributed by atoms with Crippen LogP contribution < -0.4 is 5.11 Å². The molecule has 0 saturated carbocycles. The number of nitro benzene ring substituents is 1. The zero-order valence-corrected chi connectivity index (χ0v) is 12.1. The van der Waals surface area contributed by atoms with Crippen molar-refractivity contribution in [3.05, 3.63) is 62.1 Å². The van der Waals surface area contributed by atoms with Gasteiger partial charge in [-0.15, -0.1) is 0 Å². The van der Waals surface area contributed by atoms with Crippen LogP contribution in [0.25, 0.3) is 0 Å². The quantitative estimate of drug-likeness (QED) is 0.490. The summed E-state index contributed by atoms with van der Waals surface area (Å²) in [5.41, 5.74) is 1.44. The number of benzene rings is 2. The summed E-state index contributed by atoms with van der Waals surface area (Å²) in [6.45, 7) is 1.93. The summed E-state index contributed by atoms with van der Waals surface area (Å²) in [6.07, 6.45) is 1.34. The van der Waals surface area contributed by atoms with Crippen LogP contribution in [0, 0.1) is 17.0 Å². The number of hydrogen-bond donors (Lipinski definition) is 0. The fourth-order valence-corrected chi connectivity index (χ4v) is 2.15. The molecule has 2 aromatic rings. The fourth-order valence-electron chi connectivity index (χ4n) is 1.68. The van der Waals surface area contributed by atoms with Crippen LogP contribution in [-0.2, 0) is 0 Å². The standard InChI is InChI=1S/C14H11BrN2O3/c1-9-3-2-4-12(5-9)16-8-10-6-11(15)7-13(14(10)18)17(19)20/h2-8,18H,1H3/p-1. The molecule has 0 amide bonds. The van der Waals surface area contributed by atoms with Gasteiger partial charge in [0.2, 0.25) is 0 Å². The number of hydrogen-bond acceptors (Lipinski definition) is 4. The van der Waals surface area contributed by atoms with Crippen molar-refractivity contribution in [2.24, 2.45) is 4.99 Å². The van der Waals surface area contributed by atoms with Crippen molar-refractivity contribution in [2.45, 2.75) is 6.92 Å². The Hall–Kier alpha value is -2.21. The van der Waals surface area contributed by atoms with Crippen molar-refractivity contribution in [3.8, 4) is 5.75 Å². The molecule has 0 fully saturated rings. The van der Waals surface area contributed by atoms with Gasteiger partial charge >= 0.3 is 0 Å². The third-order valence-electron chi connectivity index (χ3n) is 2.61. The van der Waals surface area contributed by atoms with Gasteiger partial charge in [-0.3, -0.25) is 15.1 Å². The van der Waals surface area contributed by atoms with E-state index in [0.29, 0.717) is 10.2 Å². The molecule has 0 bridgehead atoms. The van der Waals surface area contributed by atoms with Crippen LogP contribution in [0.3, 0.4) is 0 Å². The van der Waals surface area contributed by atoms with Crippen LogP contribution in [0.15, 0.2) is 45.9 Å². The molecule has 0 N–H and O–H groups in total. The molecule has 2 rings (SSSR count). The second kappa shape index (κ2) is 5.83. The number of nitro groups is 1. The Morgan fingerprint density at radius 2 is 2.05 bits per heavy atom. The van der Waals surface area contributed by atoms with Crippen molar-refractivity contribution >= 4 is 33.5 Å². The maximum Gasteiger partial charge on any atom is 0.263 e. The molecule has 0 unspecified atom stereocenters. The lowest BCUT2D eigenvalue weighted by atomic mass is 10.2. The molecule has 5 nitrogen and oxygen atoms in total. The average Bonchev–Trinajstić information content (AvgIpc) is 2.39. The van der Waals surface area contributed by atoms with Crippen molar-refractivity contribution in [1.82, 2.24) is 0 Å². The third-order valence-corrected chi connectivity index (χ3v) is 3.07. The third kappa shape index (κ3) is 3.21. The topological polar surface area (TPSA) is 78.6 Å². The van der Waals surface area contributed by atoms with E-state index in [4.69, 9.17) is 0 Å². The van der Waals surface area contributed by atoms with E-state index in [2.05, 4.69) is 20.9 Å². The second-order valence-corrected chi connectivity index (χ2v) is 5.11. The van der Waals surface area contributed by atoms with Crippen molar-refractivity contribution in [3.63, 3.8) is 0 Å². The molecule has 0 heterocycles. The van der Waals surface area contributed by atoms with Gasteiger partial charge in [0.15, 0.2) is 0 Å². The zero-order valence-electron chi connectivity index (χ0n) is 10.5. The predicted molar refractivity (Wildman–Crippen MR) is 78.7 cm³/mol. The van der Waals surface area contributed by atoms with E-state index in [9.17, 15) is 15.2 Å². The Labute approximate surface area is 123 Å². The Kier molecular flexibility index (Phi) is 4.14. The molecule has 0 aliphatic heterocycles. The maximum atomic E-state index is 11.9. The number of aryl methyl sites for hydroxylation is 1. The second-order valence-electron chi connectivity index (χ2n) is 4.20. The first-order valence-corrected chi connectivity index (χ1v) is 6.52. The van der Waals surface area contributed by atoms with Gasteiger partial charge in [-0.1, -0.05) is 28.1 Å². The number of halogens is 1. The van der Waals surface area contributed by atoms with Crippen molar-refractivity contribution < 1.29 is 10.0 Å². The average molecular weight is 334 g/mol. The van der Waals surface area contributed by atoms with E-state index >= 15 is 0 Å². The number of aliphatic imine (C=N–C) groups is 1. The van der Waals surface area contributed by atoms with Crippen LogP contribution >= 0.6 is 15.9 Å². The summed E-state index contributed by atoms with van der Waals surface area (Å²) in [5.74, 6) is -0.644. The summed E-state index contributed by atoms with van der Waals surface area (Å²) in [6, 6.07) is 10.1. The Morgan fingerprint density at radius 1 is 1.30 bits per heavy atom. The molecule has 2 aromatic carbocycles. The summed E-state index contributed by atoms with van der Waals surface area (Å²) < 4.78 is 0.467. The summed E-state index contributed by atoms with van der Waals surface area (Å²) in [4.78, 5) is 14.3. The molecule has 0 aliphatic rings. The van der Waals surface area contributed by atoms with Crippen LogP contribution in [0.5, 0.6) is 5.75 Å². The van der Waals surface area contributed by atoms with Gasteiger partial charge < -0.3 is 5.11 Å². The van der Waals surface area contributed by atoms with Gasteiger partial charge in [0.25, 0.3) is 5.69 Å². The Bertz CT molecular complexity index is 699. The minimum absolute atomic E-state index is 0.174. The van der Waals surface area contributed by atoms with E-state index in [1.54, 1.807) is 6.07 Å². The smallest absolute Gasteiger partial charge is 0.263 e. The highest BCUT2D eigenvalue weighted by Crippen LogP contribution is 2.30. The van der Waals surface area contributed by atoms with E-state index in [0.717, 1.165) is 5.56 Å². The Morgan fingerprint density at radius 3 is 2.70 bits per heavy atom. The molecule has 6 heteroatoms. The molecule has 0 aromatic heterocycles. The van der Waals surface area contributed by atoms with E-state index < -0.39 is 16.4 Å². The first-order chi connectivity index (χ1) is 9.47. The van der Waals surface area contributed by atoms with Crippen LogP contribution in [0.1, 0.15) is 11.1 Å². The Balaban J connectivity index is 2.41. The zero-order chi connectivity index (χ0) is 14.7. The first kappa shape index (κ1) is 14.2.